The van der Waals surface area contributed by atoms with E-state index in [1.54, 1.807) is 18.9 Å². The van der Waals surface area contributed by atoms with Crippen LogP contribution in [-0.4, -0.2) is 60.2 Å². The molecule has 2 aliphatic rings. The van der Waals surface area contributed by atoms with E-state index in [0.29, 0.717) is 19.4 Å². The standard InChI is InChI=1S/C24H35N5O4/c1-15(26-2)22(31)28-19(12-13-21(25)30)24(33)29-14-6-11-20(29)23(32)27-18-10-5-8-16-7-3-4-9-17(16)18/h3-4,7,9,15,18-20,26H,5-6,8,10-14H2,1-2H3,(H2,25,30)(H,27,32)(H,28,31)/t15-,18?,19-,20-/m0/s1. The van der Waals surface area contributed by atoms with Crippen LogP contribution in [0.1, 0.15) is 62.6 Å². The number of fused-ring (bicyclic) bond motifs is 1. The molecule has 4 amide bonds. The third-order valence-electron chi connectivity index (χ3n) is 6.64. The second kappa shape index (κ2) is 11.3. The molecule has 0 radical (unpaired) electrons. The second-order valence-corrected chi connectivity index (χ2v) is 8.92. The van der Waals surface area contributed by atoms with Gasteiger partial charge in [0.05, 0.1) is 12.1 Å². The number of amides is 4. The zero-order valence-corrected chi connectivity index (χ0v) is 19.4. The summed E-state index contributed by atoms with van der Waals surface area (Å²) in [5.41, 5.74) is 7.67. The van der Waals surface area contributed by atoms with E-state index in [0.717, 1.165) is 24.8 Å². The van der Waals surface area contributed by atoms with Crippen LogP contribution < -0.4 is 21.7 Å². The van der Waals surface area contributed by atoms with Gasteiger partial charge >= 0.3 is 0 Å². The van der Waals surface area contributed by atoms with E-state index in [1.165, 1.54) is 5.56 Å². The molecular weight excluding hydrogens is 422 g/mol. The number of benzene rings is 1. The summed E-state index contributed by atoms with van der Waals surface area (Å²) in [6, 6.07) is 6.06. The highest BCUT2D eigenvalue weighted by molar-refractivity contribution is 5.93. The minimum Gasteiger partial charge on any atom is -0.370 e. The van der Waals surface area contributed by atoms with E-state index in [1.807, 2.05) is 12.1 Å². The Hall–Kier alpha value is -2.94. The molecule has 9 heteroatoms. The summed E-state index contributed by atoms with van der Waals surface area (Å²) >= 11 is 0. The molecule has 180 valence electrons. The lowest BCUT2D eigenvalue weighted by Gasteiger charge is -2.32. The van der Waals surface area contributed by atoms with Crippen molar-refractivity contribution >= 4 is 23.6 Å². The predicted octanol–water partition coefficient (Wildman–Crippen LogP) is 0.529. The fraction of sp³-hybridized carbons (Fsp3) is 0.583. The molecule has 1 saturated heterocycles. The number of hydrogen-bond acceptors (Lipinski definition) is 5. The molecule has 5 N–H and O–H groups in total. The third kappa shape index (κ3) is 6.10. The maximum absolute atomic E-state index is 13.4. The highest BCUT2D eigenvalue weighted by atomic mass is 16.2. The molecule has 0 aromatic heterocycles. The molecule has 1 fully saturated rings. The second-order valence-electron chi connectivity index (χ2n) is 8.92. The molecular formula is C24H35N5O4. The number of carbonyl (C=O) groups is 4. The number of primary amides is 1. The Labute approximate surface area is 194 Å². The van der Waals surface area contributed by atoms with E-state index in [2.05, 4.69) is 28.1 Å². The average Bonchev–Trinajstić information content (AvgIpc) is 3.31. The summed E-state index contributed by atoms with van der Waals surface area (Å²) in [4.78, 5) is 51.9. The van der Waals surface area contributed by atoms with Gasteiger partial charge in [-0.1, -0.05) is 24.3 Å². The predicted molar refractivity (Wildman–Crippen MR) is 124 cm³/mol. The Morgan fingerprint density at radius 3 is 2.64 bits per heavy atom. The molecule has 1 aromatic rings. The largest absolute Gasteiger partial charge is 0.370 e. The maximum Gasteiger partial charge on any atom is 0.245 e. The number of likely N-dealkylation sites (N-methyl/N-ethyl adjacent to an activating group) is 1. The number of aryl methyl sites for hydroxylation is 1. The molecule has 9 nitrogen and oxygen atoms in total. The molecule has 1 aliphatic carbocycles. The Balaban J connectivity index is 1.71. The summed E-state index contributed by atoms with van der Waals surface area (Å²) in [7, 11) is 1.65. The first-order chi connectivity index (χ1) is 15.8. The fourth-order valence-electron chi connectivity index (χ4n) is 4.65. The normalized spacial score (nSPS) is 21.6. The number of rotatable bonds is 9. The number of nitrogens with two attached hydrogens (primary N) is 1. The van der Waals surface area contributed by atoms with Crippen molar-refractivity contribution in [3.8, 4) is 0 Å². The third-order valence-corrected chi connectivity index (χ3v) is 6.64. The van der Waals surface area contributed by atoms with Gasteiger partial charge < -0.3 is 26.6 Å². The van der Waals surface area contributed by atoms with Gasteiger partial charge in [-0.15, -0.1) is 0 Å². The molecule has 1 unspecified atom stereocenters. The smallest absolute Gasteiger partial charge is 0.245 e. The molecule has 33 heavy (non-hydrogen) atoms. The van der Waals surface area contributed by atoms with Crippen LogP contribution in [0.3, 0.4) is 0 Å². The highest BCUT2D eigenvalue weighted by Crippen LogP contribution is 2.30. The van der Waals surface area contributed by atoms with Crippen molar-refractivity contribution in [2.75, 3.05) is 13.6 Å². The van der Waals surface area contributed by atoms with Crippen LogP contribution in [-0.2, 0) is 25.6 Å². The molecule has 1 heterocycles. The lowest BCUT2D eigenvalue weighted by molar-refractivity contribution is -0.142. The zero-order valence-electron chi connectivity index (χ0n) is 19.4. The molecule has 3 rings (SSSR count). The molecule has 4 atom stereocenters. The lowest BCUT2D eigenvalue weighted by Crippen LogP contribution is -2.55. The summed E-state index contributed by atoms with van der Waals surface area (Å²) in [6.07, 6.45) is 4.20. The van der Waals surface area contributed by atoms with Gasteiger partial charge in [-0.3, -0.25) is 19.2 Å². The number of likely N-dealkylation sites (tertiary alicyclic amines) is 1. The zero-order chi connectivity index (χ0) is 24.0. The molecule has 0 bridgehead atoms. The van der Waals surface area contributed by atoms with Gasteiger partial charge in [-0.25, -0.2) is 0 Å². The minimum absolute atomic E-state index is 0.0335. The monoisotopic (exact) mass is 457 g/mol. The first-order valence-electron chi connectivity index (χ1n) is 11.8. The summed E-state index contributed by atoms with van der Waals surface area (Å²) in [5, 5.41) is 8.71. The summed E-state index contributed by atoms with van der Waals surface area (Å²) < 4.78 is 0. The van der Waals surface area contributed by atoms with Gasteiger partial charge in [-0.05, 0) is 63.6 Å². The Morgan fingerprint density at radius 2 is 1.91 bits per heavy atom. The summed E-state index contributed by atoms with van der Waals surface area (Å²) in [6.45, 7) is 2.11. The van der Waals surface area contributed by atoms with Crippen LogP contribution in [0.4, 0.5) is 0 Å². The van der Waals surface area contributed by atoms with Crippen LogP contribution in [0.15, 0.2) is 24.3 Å². The minimum atomic E-state index is -0.912. The highest BCUT2D eigenvalue weighted by Gasteiger charge is 2.38. The quantitative estimate of drug-likeness (QED) is 0.429. The SMILES string of the molecule is CN[C@@H](C)C(=O)N[C@@H](CCC(N)=O)C(=O)N1CCC[C@H]1C(=O)NC1CCCc2ccccc21. The van der Waals surface area contributed by atoms with Gasteiger partial charge in [-0.2, -0.15) is 0 Å². The first-order valence-corrected chi connectivity index (χ1v) is 11.8. The van der Waals surface area contributed by atoms with Crippen molar-refractivity contribution in [2.24, 2.45) is 5.73 Å². The summed E-state index contributed by atoms with van der Waals surface area (Å²) in [5.74, 6) is -1.42. The topological polar surface area (TPSA) is 134 Å². The Bertz CT molecular complexity index is 889. The van der Waals surface area contributed by atoms with Crippen LogP contribution in [0, 0.1) is 0 Å². The number of nitrogens with one attached hydrogen (secondary N) is 3. The van der Waals surface area contributed by atoms with Crippen LogP contribution in [0.2, 0.25) is 0 Å². The van der Waals surface area contributed by atoms with Crippen molar-refractivity contribution in [3.63, 3.8) is 0 Å². The van der Waals surface area contributed by atoms with Gasteiger partial charge in [0, 0.05) is 13.0 Å². The number of nitrogens with zero attached hydrogens (tertiary/aromatic N) is 1. The van der Waals surface area contributed by atoms with E-state index in [4.69, 9.17) is 5.73 Å². The van der Waals surface area contributed by atoms with E-state index in [9.17, 15) is 19.2 Å². The lowest BCUT2D eigenvalue weighted by atomic mass is 9.87. The molecule has 0 saturated carbocycles. The number of hydrogen-bond donors (Lipinski definition) is 4. The van der Waals surface area contributed by atoms with Crippen LogP contribution in [0.25, 0.3) is 0 Å². The van der Waals surface area contributed by atoms with E-state index >= 15 is 0 Å². The molecule has 1 aliphatic heterocycles. The Morgan fingerprint density at radius 1 is 1.15 bits per heavy atom. The van der Waals surface area contributed by atoms with Crippen molar-refractivity contribution in [2.45, 2.75) is 76.0 Å². The van der Waals surface area contributed by atoms with Crippen molar-refractivity contribution < 1.29 is 19.2 Å². The van der Waals surface area contributed by atoms with Gasteiger partial charge in [0.25, 0.3) is 0 Å². The van der Waals surface area contributed by atoms with Gasteiger partial charge in [0.1, 0.15) is 12.1 Å². The average molecular weight is 458 g/mol. The number of carbonyl (C=O) groups excluding carboxylic acids is 4. The Kier molecular flexibility index (Phi) is 8.43. The van der Waals surface area contributed by atoms with Crippen LogP contribution in [0.5, 0.6) is 0 Å². The van der Waals surface area contributed by atoms with Crippen LogP contribution >= 0.6 is 0 Å². The molecule has 1 aromatic carbocycles. The van der Waals surface area contributed by atoms with E-state index in [-0.39, 0.29) is 36.6 Å². The van der Waals surface area contributed by atoms with Gasteiger partial charge in [0.2, 0.25) is 23.6 Å². The maximum atomic E-state index is 13.4. The van der Waals surface area contributed by atoms with Crippen molar-refractivity contribution in [3.05, 3.63) is 35.4 Å². The van der Waals surface area contributed by atoms with Gasteiger partial charge in [0.15, 0.2) is 0 Å². The van der Waals surface area contributed by atoms with Crippen molar-refractivity contribution in [1.82, 2.24) is 20.9 Å². The first kappa shape index (κ1) is 24.7. The van der Waals surface area contributed by atoms with Crippen molar-refractivity contribution in [1.29, 1.82) is 0 Å². The van der Waals surface area contributed by atoms with E-state index < -0.39 is 24.0 Å². The molecule has 0 spiro atoms. The fourth-order valence-corrected chi connectivity index (χ4v) is 4.65.